The zero-order chi connectivity index (χ0) is 24.1. The van der Waals surface area contributed by atoms with Crippen molar-refractivity contribution in [3.8, 4) is 0 Å². The molecule has 8 nitrogen and oxygen atoms in total. The first-order valence-corrected chi connectivity index (χ1v) is 10.6. The molecular formula is C24H32N4O4. The maximum Gasteiger partial charge on any atom is 0.254 e. The van der Waals surface area contributed by atoms with Crippen molar-refractivity contribution in [1.82, 2.24) is 20.9 Å². The van der Waals surface area contributed by atoms with Crippen LogP contribution in [-0.4, -0.2) is 47.1 Å². The van der Waals surface area contributed by atoms with Crippen LogP contribution in [0.25, 0.3) is 10.8 Å². The summed E-state index contributed by atoms with van der Waals surface area (Å²) in [6.45, 7) is 10.6. The first kappa shape index (κ1) is 25.0. The fourth-order valence-corrected chi connectivity index (χ4v) is 3.19. The number of aldehydes is 1. The number of carbonyl (C=O) groups is 4. The van der Waals surface area contributed by atoms with E-state index in [1.807, 2.05) is 58.9 Å². The van der Waals surface area contributed by atoms with Crippen LogP contribution in [-0.2, 0) is 14.4 Å². The van der Waals surface area contributed by atoms with Gasteiger partial charge < -0.3 is 20.7 Å². The summed E-state index contributed by atoms with van der Waals surface area (Å²) < 4.78 is 0. The van der Waals surface area contributed by atoms with Crippen LogP contribution < -0.4 is 16.0 Å². The number of fused-ring (bicyclic) bond motifs is 1. The molecule has 8 heteroatoms. The predicted octanol–water partition coefficient (Wildman–Crippen LogP) is 2.22. The van der Waals surface area contributed by atoms with Gasteiger partial charge in [-0.05, 0) is 23.6 Å². The molecule has 1 heterocycles. The molecule has 0 aliphatic carbocycles. The van der Waals surface area contributed by atoms with Crippen molar-refractivity contribution in [3.63, 3.8) is 0 Å². The van der Waals surface area contributed by atoms with Crippen molar-refractivity contribution >= 4 is 34.8 Å². The first-order chi connectivity index (χ1) is 15.0. The van der Waals surface area contributed by atoms with Gasteiger partial charge in [0.05, 0.1) is 11.6 Å². The molecule has 0 saturated heterocycles. The zero-order valence-corrected chi connectivity index (χ0v) is 19.4. The highest BCUT2D eigenvalue weighted by Gasteiger charge is 2.35. The number of aromatic nitrogens is 1. The van der Waals surface area contributed by atoms with Crippen molar-refractivity contribution in [3.05, 3.63) is 42.2 Å². The summed E-state index contributed by atoms with van der Waals surface area (Å²) in [6.07, 6.45) is 3.81. The maximum atomic E-state index is 13.0. The number of hydrogen-bond donors (Lipinski definition) is 3. The van der Waals surface area contributed by atoms with Crippen molar-refractivity contribution in [2.24, 2.45) is 11.3 Å². The molecular weight excluding hydrogens is 408 g/mol. The van der Waals surface area contributed by atoms with Crippen LogP contribution in [0.5, 0.6) is 0 Å². The molecule has 3 unspecified atom stereocenters. The highest BCUT2D eigenvalue weighted by Crippen LogP contribution is 2.22. The molecule has 0 saturated carbocycles. The largest absolute Gasteiger partial charge is 0.345 e. The Morgan fingerprint density at radius 3 is 2.19 bits per heavy atom. The third kappa shape index (κ3) is 6.12. The Hall–Kier alpha value is -3.29. The van der Waals surface area contributed by atoms with E-state index < -0.39 is 41.3 Å². The van der Waals surface area contributed by atoms with Crippen molar-refractivity contribution in [1.29, 1.82) is 0 Å². The highest BCUT2D eigenvalue weighted by molar-refractivity contribution is 6.07. The van der Waals surface area contributed by atoms with Crippen LogP contribution in [0.1, 0.15) is 51.9 Å². The predicted molar refractivity (Wildman–Crippen MR) is 123 cm³/mol. The fourth-order valence-electron chi connectivity index (χ4n) is 3.19. The van der Waals surface area contributed by atoms with Gasteiger partial charge in [0.1, 0.15) is 18.4 Å². The Morgan fingerprint density at radius 2 is 1.59 bits per heavy atom. The van der Waals surface area contributed by atoms with E-state index in [0.29, 0.717) is 11.8 Å². The molecule has 0 fully saturated rings. The summed E-state index contributed by atoms with van der Waals surface area (Å²) in [5.41, 5.74) is -0.265. The number of rotatable bonds is 8. The minimum Gasteiger partial charge on any atom is -0.345 e. The van der Waals surface area contributed by atoms with Gasteiger partial charge in [0.2, 0.25) is 11.8 Å². The Kier molecular flexibility index (Phi) is 8.08. The average Bonchev–Trinajstić information content (AvgIpc) is 2.73. The summed E-state index contributed by atoms with van der Waals surface area (Å²) in [5.74, 6) is -1.46. The van der Waals surface area contributed by atoms with Crippen LogP contribution in [0.4, 0.5) is 0 Å². The Labute approximate surface area is 188 Å². The molecule has 172 valence electrons. The van der Waals surface area contributed by atoms with Crippen LogP contribution in [0, 0.1) is 11.3 Å². The molecule has 0 spiro atoms. The normalized spacial score (nSPS) is 14.3. The minimum absolute atomic E-state index is 0.0738. The summed E-state index contributed by atoms with van der Waals surface area (Å²) in [5, 5.41) is 9.62. The molecule has 0 aliphatic heterocycles. The van der Waals surface area contributed by atoms with E-state index in [4.69, 9.17) is 0 Å². The Balaban J connectivity index is 2.17. The van der Waals surface area contributed by atoms with Crippen LogP contribution in [0.2, 0.25) is 0 Å². The summed E-state index contributed by atoms with van der Waals surface area (Å²) >= 11 is 0. The molecule has 0 aliphatic rings. The number of amides is 3. The van der Waals surface area contributed by atoms with E-state index in [1.165, 1.54) is 13.1 Å². The molecule has 3 amide bonds. The molecule has 0 bridgehead atoms. The van der Waals surface area contributed by atoms with Crippen LogP contribution in [0.3, 0.4) is 0 Å². The smallest absolute Gasteiger partial charge is 0.254 e. The standard InChI is InChI=1S/C24H32N4O4/c1-14(2)19(13-29)27-21(30)15(3)26-23(32)20(24(4,5)6)28-22(31)18-12-25-11-16-9-7-8-10-17(16)18/h7-15,19-20H,1-6H3,(H,26,32)(H,27,30)(H,28,31). The van der Waals surface area contributed by atoms with E-state index in [9.17, 15) is 19.2 Å². The highest BCUT2D eigenvalue weighted by atomic mass is 16.2. The number of carbonyl (C=O) groups excluding carboxylic acids is 4. The van der Waals surface area contributed by atoms with Gasteiger partial charge in [0.15, 0.2) is 0 Å². The van der Waals surface area contributed by atoms with E-state index in [1.54, 1.807) is 6.20 Å². The van der Waals surface area contributed by atoms with Gasteiger partial charge in [-0.15, -0.1) is 0 Å². The molecule has 2 rings (SSSR count). The number of pyridine rings is 1. The van der Waals surface area contributed by atoms with Gasteiger partial charge in [-0.2, -0.15) is 0 Å². The number of benzene rings is 1. The fraction of sp³-hybridized carbons (Fsp3) is 0.458. The molecule has 1 aromatic heterocycles. The number of hydrogen-bond acceptors (Lipinski definition) is 5. The van der Waals surface area contributed by atoms with Gasteiger partial charge >= 0.3 is 0 Å². The lowest BCUT2D eigenvalue weighted by atomic mass is 9.85. The monoisotopic (exact) mass is 440 g/mol. The van der Waals surface area contributed by atoms with Crippen molar-refractivity contribution in [2.75, 3.05) is 0 Å². The van der Waals surface area contributed by atoms with Crippen molar-refractivity contribution < 1.29 is 19.2 Å². The third-order valence-corrected chi connectivity index (χ3v) is 5.24. The molecule has 1 aromatic carbocycles. The second-order valence-corrected chi connectivity index (χ2v) is 9.33. The second kappa shape index (κ2) is 10.3. The topological polar surface area (TPSA) is 117 Å². The first-order valence-electron chi connectivity index (χ1n) is 10.6. The van der Waals surface area contributed by atoms with E-state index in [-0.39, 0.29) is 5.92 Å². The lowest BCUT2D eigenvalue weighted by Gasteiger charge is -2.31. The van der Waals surface area contributed by atoms with E-state index in [2.05, 4.69) is 20.9 Å². The Morgan fingerprint density at radius 1 is 0.938 bits per heavy atom. The molecule has 3 N–H and O–H groups in total. The lowest BCUT2D eigenvalue weighted by molar-refractivity contribution is -0.131. The Bertz CT molecular complexity index is 992. The molecule has 32 heavy (non-hydrogen) atoms. The van der Waals surface area contributed by atoms with E-state index >= 15 is 0 Å². The summed E-state index contributed by atoms with van der Waals surface area (Å²) in [7, 11) is 0. The molecule has 0 radical (unpaired) electrons. The number of nitrogens with zero attached hydrogens (tertiary/aromatic N) is 1. The molecule has 3 atom stereocenters. The zero-order valence-electron chi connectivity index (χ0n) is 19.4. The van der Waals surface area contributed by atoms with Crippen LogP contribution in [0.15, 0.2) is 36.7 Å². The van der Waals surface area contributed by atoms with Gasteiger partial charge in [0, 0.05) is 17.8 Å². The quantitative estimate of drug-likeness (QED) is 0.544. The van der Waals surface area contributed by atoms with Crippen LogP contribution >= 0.6 is 0 Å². The minimum atomic E-state index is -0.906. The van der Waals surface area contributed by atoms with Gasteiger partial charge in [-0.3, -0.25) is 19.4 Å². The maximum absolute atomic E-state index is 13.0. The van der Waals surface area contributed by atoms with Gasteiger partial charge in [-0.25, -0.2) is 0 Å². The SMILES string of the molecule is CC(NC(=O)C(NC(=O)c1cncc2ccccc12)C(C)(C)C)C(=O)NC(C=O)C(C)C. The molecule has 2 aromatic rings. The van der Waals surface area contributed by atoms with E-state index in [0.717, 1.165) is 10.8 Å². The summed E-state index contributed by atoms with van der Waals surface area (Å²) in [6, 6.07) is 4.94. The lowest BCUT2D eigenvalue weighted by Crippen LogP contribution is -2.58. The van der Waals surface area contributed by atoms with Gasteiger partial charge in [0.25, 0.3) is 5.91 Å². The summed E-state index contributed by atoms with van der Waals surface area (Å²) in [4.78, 5) is 53.8. The second-order valence-electron chi connectivity index (χ2n) is 9.33. The van der Waals surface area contributed by atoms with Gasteiger partial charge in [-0.1, -0.05) is 58.9 Å². The number of nitrogens with one attached hydrogen (secondary N) is 3. The third-order valence-electron chi connectivity index (χ3n) is 5.24. The van der Waals surface area contributed by atoms with Crippen molar-refractivity contribution in [2.45, 2.75) is 59.7 Å². The average molecular weight is 441 g/mol.